The van der Waals surface area contributed by atoms with Crippen molar-refractivity contribution < 1.29 is 15.0 Å². The van der Waals surface area contributed by atoms with Gasteiger partial charge in [0.1, 0.15) is 0 Å². The van der Waals surface area contributed by atoms with Crippen LogP contribution in [0, 0.1) is 5.41 Å². The third-order valence-corrected chi connectivity index (χ3v) is 5.70. The monoisotopic (exact) mass is 322 g/mol. The van der Waals surface area contributed by atoms with Crippen LogP contribution < -0.4 is 0 Å². The van der Waals surface area contributed by atoms with Crippen LogP contribution in [0.1, 0.15) is 50.7 Å². The van der Waals surface area contributed by atoms with Gasteiger partial charge in [-0.3, -0.25) is 4.79 Å². The van der Waals surface area contributed by atoms with E-state index < -0.39 is 11.6 Å². The number of carboxylic acid groups (broad SMARTS) is 1. The Balaban J connectivity index is 1.75. The summed E-state index contributed by atoms with van der Waals surface area (Å²) < 4.78 is 0. The molecule has 0 saturated heterocycles. The third kappa shape index (κ3) is 5.03. The molecule has 0 heterocycles. The number of aliphatic carboxylic acids is 1. The first kappa shape index (κ1) is 17.4. The predicted molar refractivity (Wildman–Crippen MR) is 91.3 cm³/mol. The molecule has 1 fully saturated rings. The van der Waals surface area contributed by atoms with Crippen LogP contribution in [-0.2, 0) is 16.8 Å². The molecule has 122 valence electrons. The first-order valence-corrected chi connectivity index (χ1v) is 9.08. The van der Waals surface area contributed by atoms with Gasteiger partial charge in [-0.05, 0) is 67.6 Å². The molecular weight excluding hydrogens is 296 g/mol. The van der Waals surface area contributed by atoms with Crippen LogP contribution in [0.5, 0.6) is 0 Å². The van der Waals surface area contributed by atoms with Gasteiger partial charge in [-0.1, -0.05) is 24.3 Å². The third-order valence-electron chi connectivity index (χ3n) is 4.30. The summed E-state index contributed by atoms with van der Waals surface area (Å²) in [5.41, 5.74) is 1.50. The highest BCUT2D eigenvalue weighted by atomic mass is 32.2. The minimum absolute atomic E-state index is 0.0848. The second kappa shape index (κ2) is 7.05. The van der Waals surface area contributed by atoms with Gasteiger partial charge in [-0.25, -0.2) is 0 Å². The van der Waals surface area contributed by atoms with E-state index in [-0.39, 0.29) is 5.41 Å². The maximum Gasteiger partial charge on any atom is 0.303 e. The van der Waals surface area contributed by atoms with Crippen molar-refractivity contribution in [1.29, 1.82) is 0 Å². The minimum Gasteiger partial charge on any atom is -0.481 e. The van der Waals surface area contributed by atoms with E-state index >= 15 is 0 Å². The zero-order chi connectivity index (χ0) is 16.2. The molecular formula is C18H26O3S. The molecule has 0 spiro atoms. The normalized spacial score (nSPS) is 16.5. The van der Waals surface area contributed by atoms with Crippen LogP contribution in [0.15, 0.2) is 24.3 Å². The molecule has 4 heteroatoms. The molecule has 1 aliphatic carbocycles. The molecule has 0 aliphatic heterocycles. The Morgan fingerprint density at radius 1 is 1.32 bits per heavy atom. The summed E-state index contributed by atoms with van der Waals surface area (Å²) in [4.78, 5) is 10.8. The van der Waals surface area contributed by atoms with E-state index in [4.69, 9.17) is 5.11 Å². The highest BCUT2D eigenvalue weighted by Gasteiger charge is 2.43. The standard InChI is InChI=1S/C18H26O3S/c1-17(2,21)15-8-4-3-6-14(15)7-5-11-22-13-18(9-10-18)12-16(19)20/h3-4,6,8,21H,5,7,9-13H2,1-2H3,(H,19,20). The van der Waals surface area contributed by atoms with Crippen LogP contribution in [0.2, 0.25) is 0 Å². The van der Waals surface area contributed by atoms with Gasteiger partial charge in [-0.2, -0.15) is 11.8 Å². The first-order chi connectivity index (χ1) is 10.3. The molecule has 0 atom stereocenters. The van der Waals surface area contributed by atoms with Gasteiger partial charge in [0.05, 0.1) is 12.0 Å². The van der Waals surface area contributed by atoms with E-state index in [2.05, 4.69) is 6.07 Å². The lowest BCUT2D eigenvalue weighted by atomic mass is 9.91. The summed E-state index contributed by atoms with van der Waals surface area (Å²) in [7, 11) is 0. The zero-order valence-electron chi connectivity index (χ0n) is 13.5. The smallest absolute Gasteiger partial charge is 0.303 e. The maximum absolute atomic E-state index is 10.8. The predicted octanol–water partition coefficient (Wildman–Crippen LogP) is 3.83. The Labute approximate surface area is 137 Å². The molecule has 0 bridgehead atoms. The Kier molecular flexibility index (Phi) is 5.56. The van der Waals surface area contributed by atoms with E-state index in [1.54, 1.807) is 0 Å². The number of rotatable bonds is 9. The highest BCUT2D eigenvalue weighted by molar-refractivity contribution is 7.99. The number of aryl methyl sites for hydroxylation is 1. The summed E-state index contributed by atoms with van der Waals surface area (Å²) in [5.74, 6) is 1.34. The summed E-state index contributed by atoms with van der Waals surface area (Å²) in [6.07, 6.45) is 4.46. The molecule has 0 amide bonds. The summed E-state index contributed by atoms with van der Waals surface area (Å²) in [6.45, 7) is 3.65. The summed E-state index contributed by atoms with van der Waals surface area (Å²) >= 11 is 1.87. The minimum atomic E-state index is -0.802. The number of thioether (sulfide) groups is 1. The first-order valence-electron chi connectivity index (χ1n) is 7.93. The van der Waals surface area contributed by atoms with Gasteiger partial charge in [0.25, 0.3) is 0 Å². The van der Waals surface area contributed by atoms with Crippen molar-refractivity contribution in [2.24, 2.45) is 5.41 Å². The van der Waals surface area contributed by atoms with Crippen LogP contribution in [0.3, 0.4) is 0 Å². The quantitative estimate of drug-likeness (QED) is 0.678. The van der Waals surface area contributed by atoms with E-state index in [9.17, 15) is 9.90 Å². The Hall–Kier alpha value is -1.00. The van der Waals surface area contributed by atoms with E-state index in [1.165, 1.54) is 5.56 Å². The summed E-state index contributed by atoms with van der Waals surface area (Å²) in [5, 5.41) is 19.1. The Morgan fingerprint density at radius 2 is 2.00 bits per heavy atom. The van der Waals surface area contributed by atoms with Crippen molar-refractivity contribution in [3.8, 4) is 0 Å². The number of aliphatic hydroxyl groups is 1. The van der Waals surface area contributed by atoms with Crippen LogP contribution in [-0.4, -0.2) is 27.7 Å². The lowest BCUT2D eigenvalue weighted by Crippen LogP contribution is -2.18. The fourth-order valence-corrected chi connectivity index (χ4v) is 4.17. The van der Waals surface area contributed by atoms with Crippen molar-refractivity contribution in [2.45, 2.75) is 51.6 Å². The van der Waals surface area contributed by atoms with Crippen LogP contribution in [0.25, 0.3) is 0 Å². The molecule has 2 N–H and O–H groups in total. The zero-order valence-corrected chi connectivity index (χ0v) is 14.3. The van der Waals surface area contributed by atoms with E-state index in [0.717, 1.165) is 42.8 Å². The lowest BCUT2D eigenvalue weighted by molar-refractivity contribution is -0.138. The number of carboxylic acids is 1. The van der Waals surface area contributed by atoms with Crippen LogP contribution >= 0.6 is 11.8 Å². The number of benzene rings is 1. The second-order valence-electron chi connectivity index (χ2n) is 6.94. The second-order valence-corrected chi connectivity index (χ2v) is 8.05. The van der Waals surface area contributed by atoms with Crippen molar-refractivity contribution in [3.63, 3.8) is 0 Å². The molecule has 1 aromatic carbocycles. The Bertz CT molecular complexity index is 515. The van der Waals surface area contributed by atoms with Crippen LogP contribution in [0.4, 0.5) is 0 Å². The largest absolute Gasteiger partial charge is 0.481 e. The van der Waals surface area contributed by atoms with Crippen molar-refractivity contribution >= 4 is 17.7 Å². The van der Waals surface area contributed by atoms with Gasteiger partial charge in [0, 0.05) is 0 Å². The van der Waals surface area contributed by atoms with E-state index in [0.29, 0.717) is 6.42 Å². The average Bonchev–Trinajstić information content (AvgIpc) is 3.16. The molecule has 3 nitrogen and oxygen atoms in total. The molecule has 0 radical (unpaired) electrons. The SMILES string of the molecule is CC(C)(O)c1ccccc1CCCSCC1(CC(=O)O)CC1. The molecule has 0 aromatic heterocycles. The van der Waals surface area contributed by atoms with Crippen molar-refractivity contribution in [1.82, 2.24) is 0 Å². The topological polar surface area (TPSA) is 57.5 Å². The Morgan fingerprint density at radius 3 is 2.59 bits per heavy atom. The molecule has 22 heavy (non-hydrogen) atoms. The number of hydrogen-bond acceptors (Lipinski definition) is 3. The van der Waals surface area contributed by atoms with Crippen molar-refractivity contribution in [2.75, 3.05) is 11.5 Å². The van der Waals surface area contributed by atoms with Gasteiger partial charge in [0.15, 0.2) is 0 Å². The number of hydrogen-bond donors (Lipinski definition) is 2. The molecule has 2 rings (SSSR count). The molecule has 1 saturated carbocycles. The van der Waals surface area contributed by atoms with Gasteiger partial charge >= 0.3 is 5.97 Å². The van der Waals surface area contributed by atoms with Gasteiger partial charge < -0.3 is 10.2 Å². The maximum atomic E-state index is 10.8. The summed E-state index contributed by atoms with van der Waals surface area (Å²) in [6, 6.07) is 8.07. The number of carbonyl (C=O) groups is 1. The average molecular weight is 322 g/mol. The van der Waals surface area contributed by atoms with Gasteiger partial charge in [0.2, 0.25) is 0 Å². The lowest BCUT2D eigenvalue weighted by Gasteiger charge is -2.21. The fourth-order valence-electron chi connectivity index (χ4n) is 2.86. The van der Waals surface area contributed by atoms with Crippen molar-refractivity contribution in [3.05, 3.63) is 35.4 Å². The highest BCUT2D eigenvalue weighted by Crippen LogP contribution is 2.51. The molecule has 0 unspecified atom stereocenters. The molecule has 1 aromatic rings. The molecule has 1 aliphatic rings. The van der Waals surface area contributed by atoms with Gasteiger partial charge in [-0.15, -0.1) is 0 Å². The van der Waals surface area contributed by atoms with E-state index in [1.807, 2.05) is 43.8 Å². The fraction of sp³-hybridized carbons (Fsp3) is 0.611.